The number of aromatic carboxylic acids is 1. The van der Waals surface area contributed by atoms with Crippen molar-refractivity contribution in [1.29, 1.82) is 0 Å². The third kappa shape index (κ3) is 3.03. The fourth-order valence-electron chi connectivity index (χ4n) is 1.65. The number of carboxylic acids is 1. The predicted octanol–water partition coefficient (Wildman–Crippen LogP) is 4.41. The van der Waals surface area contributed by atoms with E-state index in [0.717, 1.165) is 0 Å². The Balaban J connectivity index is 2.26. The molecule has 0 aliphatic heterocycles. The number of carbonyl (C=O) groups is 1. The summed E-state index contributed by atoms with van der Waals surface area (Å²) in [5.41, 5.74) is 0.0745. The van der Waals surface area contributed by atoms with E-state index in [9.17, 15) is 9.18 Å². The van der Waals surface area contributed by atoms with Crippen molar-refractivity contribution in [2.75, 3.05) is 0 Å². The number of halogens is 3. The van der Waals surface area contributed by atoms with E-state index >= 15 is 0 Å². The fourth-order valence-corrected chi connectivity index (χ4v) is 2.09. The van der Waals surface area contributed by atoms with Crippen molar-refractivity contribution >= 4 is 29.2 Å². The van der Waals surface area contributed by atoms with Crippen LogP contribution in [0.25, 0.3) is 0 Å². The Labute approximate surface area is 124 Å². The monoisotopic (exact) mass is 314 g/mol. The highest BCUT2D eigenvalue weighted by Crippen LogP contribution is 2.27. The summed E-state index contributed by atoms with van der Waals surface area (Å²) in [4.78, 5) is 11.1. The first-order valence-corrected chi connectivity index (χ1v) is 6.33. The minimum Gasteiger partial charge on any atom is -0.488 e. The molecule has 2 aromatic carbocycles. The largest absolute Gasteiger partial charge is 0.488 e. The molecule has 3 nitrogen and oxygen atoms in total. The van der Waals surface area contributed by atoms with E-state index in [-0.39, 0.29) is 33.5 Å². The van der Waals surface area contributed by atoms with Gasteiger partial charge in [-0.2, -0.15) is 0 Å². The summed E-state index contributed by atoms with van der Waals surface area (Å²) >= 11 is 11.5. The maximum atomic E-state index is 13.7. The molecule has 2 aromatic rings. The molecule has 0 bridgehead atoms. The van der Waals surface area contributed by atoms with Gasteiger partial charge in [0, 0.05) is 5.56 Å². The molecule has 0 heterocycles. The summed E-state index contributed by atoms with van der Waals surface area (Å²) in [5, 5.41) is 9.12. The van der Waals surface area contributed by atoms with E-state index in [0.29, 0.717) is 0 Å². The number of rotatable bonds is 4. The Morgan fingerprint density at radius 1 is 1.15 bits per heavy atom. The second-order valence-corrected chi connectivity index (χ2v) is 4.73. The van der Waals surface area contributed by atoms with Gasteiger partial charge in [-0.05, 0) is 18.2 Å². The van der Waals surface area contributed by atoms with E-state index in [1.807, 2.05) is 0 Å². The Morgan fingerprint density at radius 3 is 2.50 bits per heavy atom. The van der Waals surface area contributed by atoms with Crippen LogP contribution in [-0.2, 0) is 6.61 Å². The molecule has 0 aromatic heterocycles. The maximum Gasteiger partial charge on any atom is 0.341 e. The van der Waals surface area contributed by atoms with Crippen molar-refractivity contribution in [3.8, 4) is 5.75 Å². The van der Waals surface area contributed by atoms with Gasteiger partial charge in [0.05, 0.1) is 10.0 Å². The van der Waals surface area contributed by atoms with Crippen LogP contribution in [-0.4, -0.2) is 11.1 Å². The highest BCUT2D eigenvalue weighted by Gasteiger charge is 2.16. The first-order valence-electron chi connectivity index (χ1n) is 5.58. The van der Waals surface area contributed by atoms with Gasteiger partial charge >= 0.3 is 5.97 Å². The lowest BCUT2D eigenvalue weighted by Crippen LogP contribution is -2.05. The third-order valence-electron chi connectivity index (χ3n) is 2.60. The van der Waals surface area contributed by atoms with Gasteiger partial charge in [-0.15, -0.1) is 0 Å². The Morgan fingerprint density at radius 2 is 1.80 bits per heavy atom. The van der Waals surface area contributed by atoms with Crippen molar-refractivity contribution in [2.45, 2.75) is 6.61 Å². The SMILES string of the molecule is O=C(O)c1c(Cl)cccc1OCc1cccc(Cl)c1F. The average molecular weight is 315 g/mol. The van der Waals surface area contributed by atoms with Gasteiger partial charge in [0.25, 0.3) is 0 Å². The van der Waals surface area contributed by atoms with Gasteiger partial charge in [0.15, 0.2) is 0 Å². The van der Waals surface area contributed by atoms with Crippen LogP contribution in [0.4, 0.5) is 4.39 Å². The van der Waals surface area contributed by atoms with Crippen molar-refractivity contribution in [3.05, 3.63) is 63.4 Å². The maximum absolute atomic E-state index is 13.7. The first-order chi connectivity index (χ1) is 9.50. The van der Waals surface area contributed by atoms with E-state index in [4.69, 9.17) is 33.0 Å². The smallest absolute Gasteiger partial charge is 0.341 e. The zero-order valence-corrected chi connectivity index (χ0v) is 11.6. The summed E-state index contributed by atoms with van der Waals surface area (Å²) in [6.07, 6.45) is 0. The van der Waals surface area contributed by atoms with Crippen LogP contribution in [0.1, 0.15) is 15.9 Å². The normalized spacial score (nSPS) is 10.3. The molecule has 0 unspecified atom stereocenters. The molecule has 0 saturated carbocycles. The summed E-state index contributed by atoms with van der Waals surface area (Å²) < 4.78 is 19.0. The van der Waals surface area contributed by atoms with Gasteiger partial charge in [0.1, 0.15) is 23.7 Å². The lowest BCUT2D eigenvalue weighted by molar-refractivity contribution is 0.0692. The number of benzene rings is 2. The molecule has 104 valence electrons. The molecular weight excluding hydrogens is 306 g/mol. The molecule has 0 amide bonds. The molecule has 20 heavy (non-hydrogen) atoms. The quantitative estimate of drug-likeness (QED) is 0.909. The molecule has 0 fully saturated rings. The van der Waals surface area contributed by atoms with Crippen molar-refractivity contribution in [1.82, 2.24) is 0 Å². The topological polar surface area (TPSA) is 46.5 Å². The highest BCUT2D eigenvalue weighted by molar-refractivity contribution is 6.33. The van der Waals surface area contributed by atoms with E-state index in [2.05, 4.69) is 0 Å². The lowest BCUT2D eigenvalue weighted by Gasteiger charge is -2.11. The van der Waals surface area contributed by atoms with Gasteiger partial charge in [-0.25, -0.2) is 9.18 Å². The zero-order valence-electron chi connectivity index (χ0n) is 10.1. The summed E-state index contributed by atoms with van der Waals surface area (Å²) in [7, 11) is 0. The van der Waals surface area contributed by atoms with Gasteiger partial charge in [-0.3, -0.25) is 0 Å². The minimum absolute atomic E-state index is 0.0179. The second-order valence-electron chi connectivity index (χ2n) is 3.92. The van der Waals surface area contributed by atoms with E-state index < -0.39 is 11.8 Å². The third-order valence-corrected chi connectivity index (χ3v) is 3.21. The lowest BCUT2D eigenvalue weighted by atomic mass is 10.2. The molecule has 0 saturated heterocycles. The molecule has 6 heteroatoms. The predicted molar refractivity (Wildman–Crippen MR) is 74.2 cm³/mol. The van der Waals surface area contributed by atoms with Crippen LogP contribution in [0.3, 0.4) is 0 Å². The molecule has 2 rings (SSSR count). The number of hydrogen-bond acceptors (Lipinski definition) is 2. The standard InChI is InChI=1S/C14H9Cl2FO3/c15-9-4-2-6-11(12(9)14(18)19)20-7-8-3-1-5-10(16)13(8)17/h1-6H,7H2,(H,18,19). The van der Waals surface area contributed by atoms with E-state index in [1.54, 1.807) is 12.1 Å². The van der Waals surface area contributed by atoms with Gasteiger partial charge in [0.2, 0.25) is 0 Å². The van der Waals surface area contributed by atoms with Crippen molar-refractivity contribution in [3.63, 3.8) is 0 Å². The van der Waals surface area contributed by atoms with Crippen LogP contribution >= 0.6 is 23.2 Å². The van der Waals surface area contributed by atoms with Gasteiger partial charge in [-0.1, -0.05) is 41.4 Å². The van der Waals surface area contributed by atoms with Crippen LogP contribution in [0.2, 0.25) is 10.0 Å². The summed E-state index contributed by atoms with van der Waals surface area (Å²) in [6, 6.07) is 8.96. The molecule has 1 N–H and O–H groups in total. The molecule has 0 spiro atoms. The number of hydrogen-bond donors (Lipinski definition) is 1. The first kappa shape index (κ1) is 14.6. The van der Waals surface area contributed by atoms with Crippen LogP contribution in [0.5, 0.6) is 5.75 Å². The molecule has 0 atom stereocenters. The fraction of sp³-hybridized carbons (Fsp3) is 0.0714. The zero-order chi connectivity index (χ0) is 14.7. The molecular formula is C14H9Cl2FO3. The Hall–Kier alpha value is -1.78. The van der Waals surface area contributed by atoms with Crippen molar-refractivity contribution in [2.24, 2.45) is 0 Å². The second kappa shape index (κ2) is 6.11. The molecule has 0 aliphatic rings. The number of ether oxygens (including phenoxy) is 1. The minimum atomic E-state index is -1.21. The highest BCUT2D eigenvalue weighted by atomic mass is 35.5. The molecule has 0 aliphatic carbocycles. The Bertz CT molecular complexity index is 659. The van der Waals surface area contributed by atoms with Crippen molar-refractivity contribution < 1.29 is 19.0 Å². The molecule has 0 radical (unpaired) electrons. The number of carboxylic acid groups (broad SMARTS) is 1. The van der Waals surface area contributed by atoms with Crippen LogP contribution < -0.4 is 4.74 Å². The van der Waals surface area contributed by atoms with Gasteiger partial charge < -0.3 is 9.84 Å². The van der Waals surface area contributed by atoms with Crippen LogP contribution in [0, 0.1) is 5.82 Å². The average Bonchev–Trinajstić information content (AvgIpc) is 2.40. The Kier molecular flexibility index (Phi) is 4.47. The summed E-state index contributed by atoms with van der Waals surface area (Å²) in [6.45, 7) is -0.146. The summed E-state index contributed by atoms with van der Waals surface area (Å²) in [5.74, 6) is -1.73. The van der Waals surface area contributed by atoms with E-state index in [1.165, 1.54) is 24.3 Å². The van der Waals surface area contributed by atoms with Crippen LogP contribution in [0.15, 0.2) is 36.4 Å².